The number of fused-ring (bicyclic) bond motifs is 1. The number of benzene rings is 1. The van der Waals surface area contributed by atoms with Gasteiger partial charge in [-0.1, -0.05) is 6.07 Å². The highest BCUT2D eigenvalue weighted by Crippen LogP contribution is 2.30. The highest BCUT2D eigenvalue weighted by molar-refractivity contribution is 5.87. The molecule has 0 saturated heterocycles. The molecule has 0 bridgehead atoms. The number of aryl methyl sites for hydroxylation is 1. The van der Waals surface area contributed by atoms with E-state index in [1.54, 1.807) is 19.1 Å². The third kappa shape index (κ3) is 1.34. The fraction of sp³-hybridized carbons (Fsp3) is 0.182. The molecule has 2 rings (SSSR count). The number of aromatic hydroxyl groups is 1. The Hall–Kier alpha value is -1.97. The van der Waals surface area contributed by atoms with Crippen molar-refractivity contribution in [2.45, 2.75) is 6.92 Å². The lowest BCUT2D eigenvalue weighted by Crippen LogP contribution is -2.06. The molecule has 0 aliphatic heterocycles. The van der Waals surface area contributed by atoms with Crippen molar-refractivity contribution in [2.75, 3.05) is 7.11 Å². The van der Waals surface area contributed by atoms with E-state index in [-0.39, 0.29) is 11.5 Å². The van der Waals surface area contributed by atoms with Crippen molar-refractivity contribution >= 4 is 11.0 Å². The number of phenols is 1. The first-order valence-corrected chi connectivity index (χ1v) is 4.44. The van der Waals surface area contributed by atoms with Crippen LogP contribution in [0.1, 0.15) is 5.56 Å². The summed E-state index contributed by atoms with van der Waals surface area (Å²) in [6.45, 7) is 1.71. The van der Waals surface area contributed by atoms with Gasteiger partial charge >= 0.3 is 5.63 Å². The Morgan fingerprint density at radius 2 is 2.13 bits per heavy atom. The summed E-state index contributed by atoms with van der Waals surface area (Å²) in [5.41, 5.74) is 0.410. The predicted molar refractivity (Wildman–Crippen MR) is 55.4 cm³/mol. The molecule has 0 spiro atoms. The van der Waals surface area contributed by atoms with Crippen LogP contribution in [0.15, 0.2) is 27.4 Å². The summed E-state index contributed by atoms with van der Waals surface area (Å²) in [5.74, 6) is 0.205. The van der Waals surface area contributed by atoms with Crippen LogP contribution in [0.4, 0.5) is 0 Å². The Labute approximate surface area is 85.7 Å². The van der Waals surface area contributed by atoms with E-state index in [0.717, 1.165) is 0 Å². The molecule has 0 amide bonds. The summed E-state index contributed by atoms with van der Waals surface area (Å²) in [7, 11) is 1.39. The Morgan fingerprint density at radius 3 is 2.80 bits per heavy atom. The Bertz CT molecular complexity index is 569. The monoisotopic (exact) mass is 206 g/mol. The van der Waals surface area contributed by atoms with Crippen LogP contribution in [0.2, 0.25) is 0 Å². The van der Waals surface area contributed by atoms with Gasteiger partial charge in [-0.05, 0) is 19.1 Å². The standard InChI is InChI=1S/C11H10O4/c1-6-9-7(12)4-3-5-8(9)15-11(13)10(6)14-2/h3-5,12H,1-2H3. The van der Waals surface area contributed by atoms with Crippen molar-refractivity contribution in [3.8, 4) is 11.5 Å². The van der Waals surface area contributed by atoms with E-state index < -0.39 is 5.63 Å². The molecule has 0 saturated carbocycles. The highest BCUT2D eigenvalue weighted by Gasteiger charge is 2.13. The first kappa shape index (κ1) is 9.58. The van der Waals surface area contributed by atoms with Crippen LogP contribution >= 0.6 is 0 Å². The quantitative estimate of drug-likeness (QED) is 0.723. The SMILES string of the molecule is COc1c(C)c2c(O)cccc2oc1=O. The van der Waals surface area contributed by atoms with Crippen molar-refractivity contribution < 1.29 is 14.3 Å². The largest absolute Gasteiger partial charge is 0.507 e. The third-order valence-corrected chi connectivity index (χ3v) is 2.31. The summed E-state index contributed by atoms with van der Waals surface area (Å²) in [4.78, 5) is 11.4. The summed E-state index contributed by atoms with van der Waals surface area (Å²) < 4.78 is 9.93. The molecule has 0 aliphatic rings. The first-order chi connectivity index (χ1) is 7.15. The van der Waals surface area contributed by atoms with Crippen LogP contribution in [0, 0.1) is 6.92 Å². The molecule has 15 heavy (non-hydrogen) atoms. The Balaban J connectivity index is 2.99. The zero-order valence-electron chi connectivity index (χ0n) is 8.40. The van der Waals surface area contributed by atoms with Crippen LogP contribution in [0.25, 0.3) is 11.0 Å². The van der Waals surface area contributed by atoms with Gasteiger partial charge in [-0.3, -0.25) is 0 Å². The van der Waals surface area contributed by atoms with Crippen LogP contribution in [-0.2, 0) is 0 Å². The molecule has 1 aromatic heterocycles. The van der Waals surface area contributed by atoms with Gasteiger partial charge < -0.3 is 14.3 Å². The van der Waals surface area contributed by atoms with E-state index in [1.807, 2.05) is 0 Å². The fourth-order valence-electron chi connectivity index (χ4n) is 1.63. The molecule has 1 N–H and O–H groups in total. The van der Waals surface area contributed by atoms with Crippen molar-refractivity contribution in [1.82, 2.24) is 0 Å². The third-order valence-electron chi connectivity index (χ3n) is 2.31. The maximum Gasteiger partial charge on any atom is 0.379 e. The summed E-state index contributed by atoms with van der Waals surface area (Å²) >= 11 is 0. The normalized spacial score (nSPS) is 10.5. The molecule has 0 radical (unpaired) electrons. The van der Waals surface area contributed by atoms with Gasteiger partial charge in [-0.25, -0.2) is 4.79 Å². The lowest BCUT2D eigenvalue weighted by molar-refractivity contribution is 0.381. The number of rotatable bonds is 1. The number of methoxy groups -OCH3 is 1. The van der Waals surface area contributed by atoms with Crippen molar-refractivity contribution in [3.05, 3.63) is 34.2 Å². The van der Waals surface area contributed by atoms with E-state index in [4.69, 9.17) is 9.15 Å². The fourth-order valence-corrected chi connectivity index (χ4v) is 1.63. The summed E-state index contributed by atoms with van der Waals surface area (Å²) in [6.07, 6.45) is 0. The molecule has 0 unspecified atom stereocenters. The minimum Gasteiger partial charge on any atom is -0.507 e. The second kappa shape index (κ2) is 3.31. The maximum absolute atomic E-state index is 11.4. The molecule has 2 aromatic rings. The lowest BCUT2D eigenvalue weighted by atomic mass is 10.1. The molecular formula is C11H10O4. The summed E-state index contributed by atoms with van der Waals surface area (Å²) in [5, 5.41) is 10.2. The van der Waals surface area contributed by atoms with Crippen molar-refractivity contribution in [3.63, 3.8) is 0 Å². The topological polar surface area (TPSA) is 59.7 Å². The molecule has 0 fully saturated rings. The lowest BCUT2D eigenvalue weighted by Gasteiger charge is -2.06. The average Bonchev–Trinajstić information content (AvgIpc) is 2.17. The zero-order valence-corrected chi connectivity index (χ0v) is 8.40. The van der Waals surface area contributed by atoms with E-state index in [0.29, 0.717) is 16.5 Å². The van der Waals surface area contributed by atoms with Gasteiger partial charge in [-0.15, -0.1) is 0 Å². The minimum atomic E-state index is -0.534. The van der Waals surface area contributed by atoms with E-state index in [9.17, 15) is 9.90 Å². The number of hydrogen-bond acceptors (Lipinski definition) is 4. The van der Waals surface area contributed by atoms with Gasteiger partial charge in [0.25, 0.3) is 0 Å². The number of ether oxygens (including phenoxy) is 1. The predicted octanol–water partition coefficient (Wildman–Crippen LogP) is 1.82. The molecule has 78 valence electrons. The molecule has 4 nitrogen and oxygen atoms in total. The molecule has 4 heteroatoms. The maximum atomic E-state index is 11.4. The van der Waals surface area contributed by atoms with Crippen molar-refractivity contribution in [2.24, 2.45) is 0 Å². The Morgan fingerprint density at radius 1 is 1.40 bits per heavy atom. The van der Waals surface area contributed by atoms with E-state index >= 15 is 0 Å². The van der Waals surface area contributed by atoms with Gasteiger partial charge in [-0.2, -0.15) is 0 Å². The molecular weight excluding hydrogens is 196 g/mol. The first-order valence-electron chi connectivity index (χ1n) is 4.44. The average molecular weight is 206 g/mol. The summed E-state index contributed by atoms with van der Waals surface area (Å²) in [6, 6.07) is 4.78. The minimum absolute atomic E-state index is 0.0760. The van der Waals surface area contributed by atoms with Gasteiger partial charge in [0.05, 0.1) is 12.5 Å². The van der Waals surface area contributed by atoms with Gasteiger partial charge in [0.2, 0.25) is 5.75 Å². The van der Waals surface area contributed by atoms with Crippen LogP contribution in [0.5, 0.6) is 11.5 Å². The van der Waals surface area contributed by atoms with Gasteiger partial charge in [0, 0.05) is 5.56 Å². The second-order valence-electron chi connectivity index (χ2n) is 3.20. The Kier molecular flexibility index (Phi) is 2.11. The van der Waals surface area contributed by atoms with E-state index in [2.05, 4.69) is 0 Å². The van der Waals surface area contributed by atoms with Gasteiger partial charge in [0.1, 0.15) is 11.3 Å². The smallest absolute Gasteiger partial charge is 0.379 e. The van der Waals surface area contributed by atoms with E-state index in [1.165, 1.54) is 13.2 Å². The van der Waals surface area contributed by atoms with Crippen molar-refractivity contribution in [1.29, 1.82) is 0 Å². The van der Waals surface area contributed by atoms with Gasteiger partial charge in [0.15, 0.2) is 0 Å². The van der Waals surface area contributed by atoms with Crippen LogP contribution in [-0.4, -0.2) is 12.2 Å². The van der Waals surface area contributed by atoms with Crippen LogP contribution < -0.4 is 10.4 Å². The second-order valence-corrected chi connectivity index (χ2v) is 3.20. The zero-order chi connectivity index (χ0) is 11.0. The van der Waals surface area contributed by atoms with Crippen LogP contribution in [0.3, 0.4) is 0 Å². The highest BCUT2D eigenvalue weighted by atomic mass is 16.5. The molecule has 0 atom stereocenters. The molecule has 0 aliphatic carbocycles. The number of phenolic OH excluding ortho intramolecular Hbond substituents is 1. The number of hydrogen-bond donors (Lipinski definition) is 1. The molecule has 1 aromatic carbocycles. The molecule has 1 heterocycles.